The monoisotopic (exact) mass is 1020 g/mol. The highest BCUT2D eigenvalue weighted by atomic mass is 15.0. The quantitative estimate of drug-likeness (QED) is 0.137. The number of hydrogen-bond acceptors (Lipinski definition) is 3. The van der Waals surface area contributed by atoms with Crippen molar-refractivity contribution < 1.29 is 0 Å². The van der Waals surface area contributed by atoms with E-state index in [1.807, 2.05) is 0 Å². The first kappa shape index (κ1) is 46.7. The second-order valence-electron chi connectivity index (χ2n) is 20.7. The van der Waals surface area contributed by atoms with Crippen molar-refractivity contribution in [3.63, 3.8) is 0 Å². The highest BCUT2D eigenvalue weighted by Gasteiger charge is 2.27. The smallest absolute Gasteiger partial charge is 0.164 e. The summed E-state index contributed by atoms with van der Waals surface area (Å²) < 4.78 is 2.42. The van der Waals surface area contributed by atoms with Crippen LogP contribution < -0.4 is 0 Å². The second-order valence-corrected chi connectivity index (χ2v) is 20.7. The Morgan fingerprint density at radius 2 is 0.562 bits per heavy atom. The maximum atomic E-state index is 5.37. The van der Waals surface area contributed by atoms with Gasteiger partial charge in [-0.2, -0.15) is 0 Å². The molecule has 0 amide bonds. The molecule has 80 heavy (non-hydrogen) atoms. The Labute approximate surface area is 465 Å². The zero-order valence-corrected chi connectivity index (χ0v) is 43.7. The summed E-state index contributed by atoms with van der Waals surface area (Å²) in [6, 6.07) is 105. The molecule has 0 saturated carbocycles. The molecule has 0 radical (unpaired) electrons. The van der Waals surface area contributed by atoms with Gasteiger partial charge in [-0.25, -0.2) is 15.0 Å². The SMILES string of the molecule is c1ccc(-c2cc(-c3ccccc3)cc(-c3ccc4c(c3)c3cc(-c5cccc6c5Cc5c(-c7nc(-c8cccc(-c9ccccc9)c8)nc(-c8cccc(-c9ccccc9)c8)n7)cccc5-6)ccc3n4-c3ccccc3)c2)cc1. The average Bonchev–Trinajstić information content (AvgIpc) is 4.29. The molecular formula is C76H50N4. The molecule has 2 aromatic heterocycles. The van der Waals surface area contributed by atoms with E-state index in [1.54, 1.807) is 0 Å². The van der Waals surface area contributed by atoms with E-state index in [4.69, 9.17) is 15.0 Å². The van der Waals surface area contributed by atoms with Gasteiger partial charge in [-0.3, -0.25) is 0 Å². The third kappa shape index (κ3) is 8.48. The van der Waals surface area contributed by atoms with Crippen LogP contribution in [0.1, 0.15) is 11.1 Å². The molecule has 12 aromatic carbocycles. The highest BCUT2D eigenvalue weighted by molar-refractivity contribution is 6.12. The summed E-state index contributed by atoms with van der Waals surface area (Å²) in [6.07, 6.45) is 0.732. The van der Waals surface area contributed by atoms with Crippen LogP contribution in [-0.2, 0) is 6.42 Å². The number of hydrogen-bond donors (Lipinski definition) is 0. The summed E-state index contributed by atoms with van der Waals surface area (Å²) in [7, 11) is 0. The van der Waals surface area contributed by atoms with Gasteiger partial charge in [-0.05, 0) is 156 Å². The van der Waals surface area contributed by atoms with E-state index in [0.717, 1.165) is 51.1 Å². The van der Waals surface area contributed by atoms with Crippen molar-refractivity contribution in [1.82, 2.24) is 19.5 Å². The molecule has 0 spiro atoms. The Morgan fingerprint density at radius 3 is 1.07 bits per heavy atom. The Kier molecular flexibility index (Phi) is 11.6. The fraction of sp³-hybridized carbons (Fsp3) is 0.0132. The first-order valence-electron chi connectivity index (χ1n) is 27.4. The van der Waals surface area contributed by atoms with Crippen molar-refractivity contribution in [3.05, 3.63) is 302 Å². The van der Waals surface area contributed by atoms with Gasteiger partial charge in [0.25, 0.3) is 0 Å². The third-order valence-electron chi connectivity index (χ3n) is 15.9. The molecule has 4 nitrogen and oxygen atoms in total. The second kappa shape index (κ2) is 19.8. The van der Waals surface area contributed by atoms with E-state index in [1.165, 1.54) is 88.6 Å². The van der Waals surface area contributed by atoms with Gasteiger partial charge in [0.05, 0.1) is 11.0 Å². The predicted octanol–water partition coefficient (Wildman–Crippen LogP) is 19.5. The van der Waals surface area contributed by atoms with Gasteiger partial charge >= 0.3 is 0 Å². The van der Waals surface area contributed by atoms with E-state index in [0.29, 0.717) is 17.5 Å². The molecule has 15 rings (SSSR count). The lowest BCUT2D eigenvalue weighted by Gasteiger charge is -2.12. The molecule has 374 valence electrons. The zero-order chi connectivity index (χ0) is 52.9. The molecule has 0 atom stereocenters. The summed E-state index contributed by atoms with van der Waals surface area (Å²) >= 11 is 0. The average molecular weight is 1020 g/mol. The van der Waals surface area contributed by atoms with Gasteiger partial charge in [0.2, 0.25) is 0 Å². The third-order valence-corrected chi connectivity index (χ3v) is 15.9. The molecule has 0 fully saturated rings. The maximum Gasteiger partial charge on any atom is 0.164 e. The van der Waals surface area contributed by atoms with Crippen LogP contribution in [-0.4, -0.2) is 19.5 Å². The van der Waals surface area contributed by atoms with Gasteiger partial charge in [0.15, 0.2) is 17.5 Å². The van der Waals surface area contributed by atoms with Crippen LogP contribution in [0.25, 0.3) is 140 Å². The van der Waals surface area contributed by atoms with Crippen LogP contribution in [0.5, 0.6) is 0 Å². The summed E-state index contributed by atoms with van der Waals surface area (Å²) in [5.41, 5.74) is 25.3. The zero-order valence-electron chi connectivity index (χ0n) is 43.7. The fourth-order valence-electron chi connectivity index (χ4n) is 12.0. The summed E-state index contributed by atoms with van der Waals surface area (Å²) in [5, 5.41) is 2.41. The van der Waals surface area contributed by atoms with Crippen molar-refractivity contribution in [3.8, 4) is 118 Å². The maximum absolute atomic E-state index is 5.37. The number of fused-ring (bicyclic) bond motifs is 6. The van der Waals surface area contributed by atoms with E-state index >= 15 is 0 Å². The normalized spacial score (nSPS) is 11.7. The number of rotatable bonds is 10. The van der Waals surface area contributed by atoms with Crippen LogP contribution >= 0.6 is 0 Å². The Balaban J connectivity index is 0.857. The van der Waals surface area contributed by atoms with Crippen molar-refractivity contribution in [2.24, 2.45) is 0 Å². The number of nitrogens with zero attached hydrogens (tertiary/aromatic N) is 4. The standard InChI is InChI=1S/C76H50N4/c1-6-20-50(21-7-1)54-28-16-30-58(42-54)74-77-75(59-31-17-29-55(43-59)51-22-8-2-9-23-51)79-76(78-74)67-37-19-36-66-65-35-18-34-64(68(65)49-69(66)67)57-39-41-73-71(48-57)70-47-56(38-40-72(70)80(73)63-32-14-5-15-33-63)62-45-60(52-24-10-3-11-25-52)44-61(46-62)53-26-12-4-13-27-53/h1-48H,49H2. The summed E-state index contributed by atoms with van der Waals surface area (Å²) in [6.45, 7) is 0. The topological polar surface area (TPSA) is 43.6 Å². The predicted molar refractivity (Wildman–Crippen MR) is 331 cm³/mol. The van der Waals surface area contributed by atoms with Gasteiger partial charge in [0, 0.05) is 39.6 Å². The first-order valence-corrected chi connectivity index (χ1v) is 27.4. The molecule has 14 aromatic rings. The summed E-state index contributed by atoms with van der Waals surface area (Å²) in [5.74, 6) is 1.92. The van der Waals surface area contributed by atoms with Gasteiger partial charge in [-0.15, -0.1) is 0 Å². The lowest BCUT2D eigenvalue weighted by atomic mass is 9.92. The number of aromatic nitrogens is 4. The van der Waals surface area contributed by atoms with Crippen LogP contribution in [0.4, 0.5) is 0 Å². The Morgan fingerprint density at radius 1 is 0.225 bits per heavy atom. The van der Waals surface area contributed by atoms with Gasteiger partial charge in [0.1, 0.15) is 0 Å². The minimum atomic E-state index is 0.633. The molecule has 1 aliphatic carbocycles. The van der Waals surface area contributed by atoms with Gasteiger partial charge < -0.3 is 4.57 Å². The minimum Gasteiger partial charge on any atom is -0.309 e. The molecule has 0 unspecified atom stereocenters. The van der Waals surface area contributed by atoms with E-state index < -0.39 is 0 Å². The van der Waals surface area contributed by atoms with E-state index in [2.05, 4.69) is 296 Å². The van der Waals surface area contributed by atoms with E-state index in [-0.39, 0.29) is 0 Å². The lowest BCUT2D eigenvalue weighted by molar-refractivity contribution is 1.07. The molecule has 0 saturated heterocycles. The Hall–Kier alpha value is -10.6. The molecular weight excluding hydrogens is 969 g/mol. The van der Waals surface area contributed by atoms with Crippen molar-refractivity contribution in [2.45, 2.75) is 6.42 Å². The molecule has 0 aliphatic heterocycles. The Bertz CT molecular complexity index is 4480. The first-order chi connectivity index (χ1) is 39.6. The van der Waals surface area contributed by atoms with Crippen molar-refractivity contribution >= 4 is 21.8 Å². The van der Waals surface area contributed by atoms with Crippen molar-refractivity contribution in [2.75, 3.05) is 0 Å². The minimum absolute atomic E-state index is 0.633. The largest absolute Gasteiger partial charge is 0.309 e. The molecule has 2 heterocycles. The fourth-order valence-corrected chi connectivity index (χ4v) is 12.0. The molecule has 4 heteroatoms. The van der Waals surface area contributed by atoms with Crippen LogP contribution in [0, 0.1) is 0 Å². The van der Waals surface area contributed by atoms with Crippen LogP contribution in [0.3, 0.4) is 0 Å². The number of benzene rings is 12. The van der Waals surface area contributed by atoms with E-state index in [9.17, 15) is 0 Å². The number of para-hydroxylation sites is 1. The van der Waals surface area contributed by atoms with Crippen LogP contribution in [0.15, 0.2) is 291 Å². The van der Waals surface area contributed by atoms with Crippen molar-refractivity contribution in [1.29, 1.82) is 0 Å². The highest BCUT2D eigenvalue weighted by Crippen LogP contribution is 2.47. The van der Waals surface area contributed by atoms with Crippen LogP contribution in [0.2, 0.25) is 0 Å². The van der Waals surface area contributed by atoms with Gasteiger partial charge in [-0.1, -0.05) is 224 Å². The molecule has 0 bridgehead atoms. The summed E-state index contributed by atoms with van der Waals surface area (Å²) in [4.78, 5) is 16.0. The lowest BCUT2D eigenvalue weighted by Crippen LogP contribution is -2.02. The molecule has 0 N–H and O–H groups in total. The molecule has 1 aliphatic rings.